The van der Waals surface area contributed by atoms with Crippen molar-refractivity contribution in [2.75, 3.05) is 0 Å². The molecule has 448 valence electrons. The molecule has 0 saturated carbocycles. The summed E-state index contributed by atoms with van der Waals surface area (Å²) in [7, 11) is 0. The zero-order chi connectivity index (χ0) is 63.5. The number of hydrogen-bond donors (Lipinski definition) is 0. The molecule has 0 amide bonds. The van der Waals surface area contributed by atoms with Crippen molar-refractivity contribution in [2.24, 2.45) is 0 Å². The van der Waals surface area contributed by atoms with E-state index in [2.05, 4.69) is 358 Å². The molecule has 0 spiro atoms. The molecule has 84 heavy (non-hydrogen) atoms. The molecule has 0 nitrogen and oxygen atoms in total. The fraction of sp³-hybridized carbons (Fsp3) is 0.422. The van der Waals surface area contributed by atoms with Crippen LogP contribution in [0, 0.1) is 48.5 Å². The summed E-state index contributed by atoms with van der Waals surface area (Å²) < 4.78 is 0. The minimum absolute atomic E-state index is 0.0689. The quantitative estimate of drug-likeness (QED) is 0.105. The van der Waals surface area contributed by atoms with Crippen molar-refractivity contribution in [3.63, 3.8) is 0 Å². The van der Waals surface area contributed by atoms with Gasteiger partial charge in [-0.15, -0.1) is 0 Å². The molecule has 1 heteroatoms. The van der Waals surface area contributed by atoms with E-state index >= 15 is 0 Å². The van der Waals surface area contributed by atoms with Gasteiger partial charge in [0, 0.05) is 0 Å². The van der Waals surface area contributed by atoms with Gasteiger partial charge in [0.05, 0.1) is 0 Å². The molecule has 0 aliphatic carbocycles. The predicted molar refractivity (Wildman–Crippen MR) is 379 cm³/mol. The molecule has 0 aliphatic heterocycles. The van der Waals surface area contributed by atoms with Gasteiger partial charge >= 0.3 is 0 Å². The van der Waals surface area contributed by atoms with E-state index in [1.807, 2.05) is 0 Å². The van der Waals surface area contributed by atoms with E-state index in [9.17, 15) is 0 Å². The van der Waals surface area contributed by atoms with Crippen molar-refractivity contribution >= 4 is 17.6 Å². The third kappa shape index (κ3) is 20.8. The van der Waals surface area contributed by atoms with Gasteiger partial charge in [-0.25, -0.2) is 0 Å². The standard InChI is InChI=1S/C42H57B.C21H28.C11H16.C9H12/c1-15-16-29(2)25-32(5)37(26-33-19-23-34(24-20-33)40(6,7)8)43(38-27-35(41(9,10)11)21-17-30(38)3)39-28-36(42(12,13)14)22-18-31(39)4;1-15-8-11-18(21(5,6)7)14-19(15)16-9-12-17(13-10-16)20(2,3)4;1-9-5-7-10(8-6-9)11(2,3)4;1-7-4-5-8(2)9(3)6-7/h15-25,27-28H,26H2,1-14H3;8-14H,1-7H3;5-8H,1-4H3;4-6H,1-3H3/b16-15+,29-25-,37-32+;;;. The van der Waals surface area contributed by atoms with Crippen LogP contribution in [0.5, 0.6) is 0 Å². The van der Waals surface area contributed by atoms with Crippen molar-refractivity contribution < 1.29 is 0 Å². The lowest BCUT2D eigenvalue weighted by atomic mass is 9.33. The summed E-state index contributed by atoms with van der Waals surface area (Å²) in [6.45, 7) is 63.2. The Kier molecular flexibility index (Phi) is 24.1. The second kappa shape index (κ2) is 28.8. The van der Waals surface area contributed by atoms with Crippen LogP contribution in [-0.4, -0.2) is 6.71 Å². The molecule has 0 heterocycles. The number of benzene rings is 7. The SMILES string of the molecule is C/C=C/C(C)=C\C(C)=C(/Cc1ccc(C(C)(C)C)cc1)B(c1cc(C(C)(C)C)ccc1C)c1cc(C(C)(C)C)ccc1C.Cc1ccc(C(C)(C)C)cc1.Cc1ccc(C(C)(C)C)cc1-c1ccc(C(C)(C)C)cc1.Cc1ccc(C)c(C)c1. The summed E-state index contributed by atoms with van der Waals surface area (Å²) >= 11 is 0. The Bertz CT molecular complexity index is 3270. The third-order valence-electron chi connectivity index (χ3n) is 16.6. The fourth-order valence-electron chi connectivity index (χ4n) is 10.4. The van der Waals surface area contributed by atoms with Gasteiger partial charge in [0.2, 0.25) is 6.71 Å². The van der Waals surface area contributed by atoms with E-state index in [-0.39, 0.29) is 39.2 Å². The maximum atomic E-state index is 2.50. The minimum Gasteiger partial charge on any atom is -0.0874 e. The van der Waals surface area contributed by atoms with Gasteiger partial charge < -0.3 is 0 Å². The van der Waals surface area contributed by atoms with Gasteiger partial charge in [0.1, 0.15) is 0 Å². The molecule has 0 bridgehead atoms. The lowest BCUT2D eigenvalue weighted by Crippen LogP contribution is -2.48. The van der Waals surface area contributed by atoms with Crippen LogP contribution in [-0.2, 0) is 38.9 Å². The molecule has 0 aromatic heterocycles. The normalized spacial score (nSPS) is 12.8. The number of rotatable bonds is 8. The zero-order valence-corrected chi connectivity index (χ0v) is 58.4. The van der Waals surface area contributed by atoms with E-state index in [1.165, 1.54) is 117 Å². The first-order valence-corrected chi connectivity index (χ1v) is 31.3. The second-order valence-electron chi connectivity index (χ2n) is 30.6. The first-order chi connectivity index (χ1) is 38.6. The van der Waals surface area contributed by atoms with Crippen molar-refractivity contribution in [3.05, 3.63) is 258 Å². The maximum Gasteiger partial charge on any atom is 0.238 e. The highest BCUT2D eigenvalue weighted by Crippen LogP contribution is 2.33. The lowest BCUT2D eigenvalue weighted by molar-refractivity contribution is 0.589. The van der Waals surface area contributed by atoms with Crippen LogP contribution in [0.3, 0.4) is 0 Å². The van der Waals surface area contributed by atoms with Crippen LogP contribution in [0.25, 0.3) is 11.1 Å². The topological polar surface area (TPSA) is 0 Å². The Hall–Kier alpha value is -6.18. The summed E-state index contributed by atoms with van der Waals surface area (Å²) in [4.78, 5) is 0. The van der Waals surface area contributed by atoms with Gasteiger partial charge in [0.25, 0.3) is 0 Å². The third-order valence-corrected chi connectivity index (χ3v) is 16.6. The molecule has 7 aromatic carbocycles. The summed E-state index contributed by atoms with van der Waals surface area (Å²) in [5.74, 6) is 0. The summed E-state index contributed by atoms with van der Waals surface area (Å²) in [5, 5.41) is 0. The van der Waals surface area contributed by atoms with E-state index in [0.717, 1.165) is 6.42 Å². The van der Waals surface area contributed by atoms with Gasteiger partial charge in [-0.2, -0.15) is 0 Å². The Morgan fingerprint density at radius 2 is 0.702 bits per heavy atom. The lowest BCUT2D eigenvalue weighted by Gasteiger charge is -2.29. The molecule has 7 aromatic rings. The maximum absolute atomic E-state index is 2.50. The molecule has 0 fully saturated rings. The largest absolute Gasteiger partial charge is 0.238 e. The van der Waals surface area contributed by atoms with Gasteiger partial charge in [0.15, 0.2) is 0 Å². The van der Waals surface area contributed by atoms with Crippen LogP contribution >= 0.6 is 0 Å². The molecule has 0 atom stereocenters. The molecular weight excluding hydrogens is 1010 g/mol. The highest BCUT2D eigenvalue weighted by molar-refractivity contribution is 6.91. The minimum atomic E-state index is 0.0689. The van der Waals surface area contributed by atoms with E-state index in [1.54, 1.807) is 0 Å². The zero-order valence-electron chi connectivity index (χ0n) is 58.4. The summed E-state index contributed by atoms with van der Waals surface area (Å²) in [5.41, 5.74) is 29.7. The Labute approximate surface area is 517 Å². The van der Waals surface area contributed by atoms with E-state index in [4.69, 9.17) is 0 Å². The van der Waals surface area contributed by atoms with E-state index < -0.39 is 0 Å². The first-order valence-electron chi connectivity index (χ1n) is 31.3. The molecule has 7 rings (SSSR count). The van der Waals surface area contributed by atoms with Crippen molar-refractivity contribution in [1.82, 2.24) is 0 Å². The van der Waals surface area contributed by atoms with Gasteiger partial charge in [-0.3, -0.25) is 0 Å². The number of hydrogen-bond acceptors (Lipinski definition) is 0. The fourth-order valence-corrected chi connectivity index (χ4v) is 10.4. The monoisotopic (exact) mass is 1120 g/mol. The molecule has 0 aliphatic rings. The van der Waals surface area contributed by atoms with Crippen molar-refractivity contribution in [3.8, 4) is 11.1 Å². The summed E-state index contributed by atoms with van der Waals surface area (Å²) in [6, 6.07) is 54.8. The van der Waals surface area contributed by atoms with E-state index in [0.29, 0.717) is 0 Å². The molecule has 0 unspecified atom stereocenters. The predicted octanol–water partition coefficient (Wildman–Crippen LogP) is 22.6. The number of allylic oxidation sites excluding steroid dienone is 6. The van der Waals surface area contributed by atoms with Crippen LogP contribution in [0.1, 0.15) is 223 Å². The summed E-state index contributed by atoms with van der Waals surface area (Å²) in [6.07, 6.45) is 7.64. The van der Waals surface area contributed by atoms with Crippen LogP contribution in [0.4, 0.5) is 0 Å². The molecule has 0 radical (unpaired) electrons. The molecule has 0 N–H and O–H groups in total. The highest BCUT2D eigenvalue weighted by atomic mass is 14.2. The van der Waals surface area contributed by atoms with Gasteiger partial charge in [-0.05, 0) is 175 Å². The van der Waals surface area contributed by atoms with Crippen LogP contribution in [0.15, 0.2) is 180 Å². The van der Waals surface area contributed by atoms with Crippen LogP contribution < -0.4 is 10.9 Å². The van der Waals surface area contributed by atoms with Crippen LogP contribution in [0.2, 0.25) is 0 Å². The average molecular weight is 1120 g/mol. The Morgan fingerprint density at radius 1 is 0.357 bits per heavy atom. The molecule has 0 saturated heterocycles. The first kappa shape index (κ1) is 70.3. The van der Waals surface area contributed by atoms with Gasteiger partial charge in [-0.1, -0.05) is 338 Å². The number of aryl methyl sites for hydroxylation is 7. The Balaban J connectivity index is 0.000000299. The average Bonchev–Trinajstić information content (AvgIpc) is 1.78. The highest BCUT2D eigenvalue weighted by Gasteiger charge is 2.31. The van der Waals surface area contributed by atoms with Crippen molar-refractivity contribution in [1.29, 1.82) is 0 Å². The van der Waals surface area contributed by atoms with Crippen molar-refractivity contribution in [2.45, 2.75) is 233 Å². The molecular formula is C83H113B. The smallest absolute Gasteiger partial charge is 0.0874 e. The Morgan fingerprint density at radius 3 is 1.08 bits per heavy atom. The second-order valence-corrected chi connectivity index (χ2v) is 30.6.